The van der Waals surface area contributed by atoms with Crippen LogP contribution in [0.4, 0.5) is 0 Å². The zero-order chi connectivity index (χ0) is 10.8. The SMILES string of the molecule is CN=C(NC)NCCCSCC(C)C.I. The van der Waals surface area contributed by atoms with Crippen molar-refractivity contribution in [1.29, 1.82) is 0 Å². The summed E-state index contributed by atoms with van der Waals surface area (Å²) in [5.74, 6) is 4.17. The molecule has 0 heterocycles. The molecule has 0 saturated carbocycles. The van der Waals surface area contributed by atoms with E-state index in [0.29, 0.717) is 0 Å². The molecule has 0 aliphatic carbocycles. The first-order valence-electron chi connectivity index (χ1n) is 5.16. The van der Waals surface area contributed by atoms with Crippen LogP contribution in [0.15, 0.2) is 4.99 Å². The molecule has 5 heteroatoms. The molecule has 0 unspecified atom stereocenters. The van der Waals surface area contributed by atoms with E-state index in [9.17, 15) is 0 Å². The molecule has 0 aromatic rings. The Morgan fingerprint density at radius 2 is 2.07 bits per heavy atom. The Morgan fingerprint density at radius 1 is 1.40 bits per heavy atom. The first-order chi connectivity index (χ1) is 6.70. The molecule has 0 fully saturated rings. The van der Waals surface area contributed by atoms with Crippen molar-refractivity contribution in [3.63, 3.8) is 0 Å². The maximum absolute atomic E-state index is 4.04. The topological polar surface area (TPSA) is 36.4 Å². The highest BCUT2D eigenvalue weighted by atomic mass is 127. The van der Waals surface area contributed by atoms with Gasteiger partial charge in [-0.05, 0) is 23.8 Å². The van der Waals surface area contributed by atoms with Crippen LogP contribution in [0.1, 0.15) is 20.3 Å². The fraction of sp³-hybridized carbons (Fsp3) is 0.900. The maximum Gasteiger partial charge on any atom is 0.190 e. The van der Waals surface area contributed by atoms with Gasteiger partial charge in [0.25, 0.3) is 0 Å². The van der Waals surface area contributed by atoms with Crippen molar-refractivity contribution in [3.05, 3.63) is 0 Å². The highest BCUT2D eigenvalue weighted by Gasteiger charge is 1.95. The van der Waals surface area contributed by atoms with E-state index in [0.717, 1.165) is 18.4 Å². The van der Waals surface area contributed by atoms with Gasteiger partial charge >= 0.3 is 0 Å². The summed E-state index contributed by atoms with van der Waals surface area (Å²) in [4.78, 5) is 4.04. The minimum absolute atomic E-state index is 0. The summed E-state index contributed by atoms with van der Waals surface area (Å²) in [5.41, 5.74) is 0. The molecule has 0 aliphatic rings. The average Bonchev–Trinajstić information content (AvgIpc) is 2.16. The number of guanidine groups is 1. The highest BCUT2D eigenvalue weighted by Crippen LogP contribution is 2.07. The van der Waals surface area contributed by atoms with Gasteiger partial charge in [0.15, 0.2) is 5.96 Å². The average molecular weight is 345 g/mol. The monoisotopic (exact) mass is 345 g/mol. The number of halogens is 1. The lowest BCUT2D eigenvalue weighted by Gasteiger charge is -2.08. The molecule has 0 spiro atoms. The van der Waals surface area contributed by atoms with E-state index in [2.05, 4.69) is 29.5 Å². The molecule has 0 radical (unpaired) electrons. The second-order valence-corrected chi connectivity index (χ2v) is 4.72. The molecule has 0 bridgehead atoms. The molecule has 0 aromatic heterocycles. The van der Waals surface area contributed by atoms with E-state index in [4.69, 9.17) is 0 Å². The van der Waals surface area contributed by atoms with Crippen LogP contribution in [-0.2, 0) is 0 Å². The number of hydrogen-bond acceptors (Lipinski definition) is 2. The molecular weight excluding hydrogens is 321 g/mol. The van der Waals surface area contributed by atoms with Crippen LogP contribution in [0.25, 0.3) is 0 Å². The van der Waals surface area contributed by atoms with Crippen molar-refractivity contribution < 1.29 is 0 Å². The molecular formula is C10H24IN3S. The first-order valence-corrected chi connectivity index (χ1v) is 6.32. The predicted molar refractivity (Wildman–Crippen MR) is 82.6 cm³/mol. The molecule has 0 saturated heterocycles. The summed E-state index contributed by atoms with van der Waals surface area (Å²) in [5, 5.41) is 6.23. The van der Waals surface area contributed by atoms with E-state index in [-0.39, 0.29) is 24.0 Å². The van der Waals surface area contributed by atoms with Crippen LogP contribution < -0.4 is 10.6 Å². The van der Waals surface area contributed by atoms with Crippen molar-refractivity contribution in [2.45, 2.75) is 20.3 Å². The van der Waals surface area contributed by atoms with E-state index in [1.165, 1.54) is 17.9 Å². The van der Waals surface area contributed by atoms with Crippen LogP contribution in [-0.4, -0.2) is 38.1 Å². The predicted octanol–water partition coefficient (Wildman–Crippen LogP) is 2.18. The first kappa shape index (κ1) is 17.7. The largest absolute Gasteiger partial charge is 0.359 e. The third-order valence-electron chi connectivity index (χ3n) is 1.67. The van der Waals surface area contributed by atoms with Crippen LogP contribution in [0.3, 0.4) is 0 Å². The zero-order valence-electron chi connectivity index (χ0n) is 10.2. The molecule has 2 N–H and O–H groups in total. The van der Waals surface area contributed by atoms with Gasteiger partial charge in [-0.1, -0.05) is 13.8 Å². The summed E-state index contributed by atoms with van der Waals surface area (Å²) in [6.45, 7) is 5.51. The van der Waals surface area contributed by atoms with Gasteiger partial charge in [-0.15, -0.1) is 24.0 Å². The summed E-state index contributed by atoms with van der Waals surface area (Å²) >= 11 is 2.03. The van der Waals surface area contributed by atoms with Crippen molar-refractivity contribution in [3.8, 4) is 0 Å². The minimum atomic E-state index is 0. The molecule has 0 aliphatic heterocycles. The highest BCUT2D eigenvalue weighted by molar-refractivity contribution is 14.0. The van der Waals surface area contributed by atoms with Crippen LogP contribution in [0.5, 0.6) is 0 Å². The second-order valence-electron chi connectivity index (χ2n) is 3.57. The molecule has 0 amide bonds. The Balaban J connectivity index is 0. The lowest BCUT2D eigenvalue weighted by atomic mass is 10.3. The third kappa shape index (κ3) is 12.3. The number of aliphatic imine (C=N–C) groups is 1. The Bertz CT molecular complexity index is 163. The normalized spacial score (nSPS) is 11.1. The lowest BCUT2D eigenvalue weighted by Crippen LogP contribution is -2.35. The van der Waals surface area contributed by atoms with Gasteiger partial charge in [-0.25, -0.2) is 0 Å². The van der Waals surface area contributed by atoms with E-state index < -0.39 is 0 Å². The summed E-state index contributed by atoms with van der Waals surface area (Å²) in [7, 11) is 3.66. The standard InChI is InChI=1S/C10H23N3S.HI/c1-9(2)8-14-7-5-6-13-10(11-3)12-4;/h9H,5-8H2,1-4H3,(H2,11,12,13);1H. The number of nitrogens with zero attached hydrogens (tertiary/aromatic N) is 1. The zero-order valence-corrected chi connectivity index (χ0v) is 13.3. The quantitative estimate of drug-likeness (QED) is 0.335. The number of hydrogen-bond donors (Lipinski definition) is 2. The van der Waals surface area contributed by atoms with E-state index in [1.54, 1.807) is 7.05 Å². The summed E-state index contributed by atoms with van der Waals surface area (Å²) in [6, 6.07) is 0. The number of nitrogens with one attached hydrogen (secondary N) is 2. The Kier molecular flexibility index (Phi) is 14.7. The van der Waals surface area contributed by atoms with Gasteiger partial charge in [-0.2, -0.15) is 11.8 Å². The fourth-order valence-electron chi connectivity index (χ4n) is 0.979. The van der Waals surface area contributed by atoms with Gasteiger partial charge in [-0.3, -0.25) is 4.99 Å². The summed E-state index contributed by atoms with van der Waals surface area (Å²) in [6.07, 6.45) is 1.19. The van der Waals surface area contributed by atoms with Gasteiger partial charge in [0.05, 0.1) is 0 Å². The third-order valence-corrected chi connectivity index (χ3v) is 3.15. The molecule has 0 aromatic carbocycles. The van der Waals surface area contributed by atoms with E-state index >= 15 is 0 Å². The lowest BCUT2D eigenvalue weighted by molar-refractivity contribution is 0.748. The van der Waals surface area contributed by atoms with Crippen LogP contribution in [0, 0.1) is 5.92 Å². The van der Waals surface area contributed by atoms with Gasteiger partial charge < -0.3 is 10.6 Å². The molecule has 0 atom stereocenters. The number of rotatable bonds is 6. The van der Waals surface area contributed by atoms with Crippen molar-refractivity contribution >= 4 is 41.7 Å². The van der Waals surface area contributed by atoms with Crippen molar-refractivity contribution in [1.82, 2.24) is 10.6 Å². The van der Waals surface area contributed by atoms with Gasteiger partial charge in [0.2, 0.25) is 0 Å². The number of thioether (sulfide) groups is 1. The van der Waals surface area contributed by atoms with Crippen molar-refractivity contribution in [2.75, 3.05) is 32.1 Å². The Hall–Kier alpha value is 0.350. The smallest absolute Gasteiger partial charge is 0.190 e. The van der Waals surface area contributed by atoms with Crippen LogP contribution in [0.2, 0.25) is 0 Å². The molecule has 0 rings (SSSR count). The maximum atomic E-state index is 4.04. The van der Waals surface area contributed by atoms with E-state index in [1.807, 2.05) is 18.8 Å². The van der Waals surface area contributed by atoms with Crippen molar-refractivity contribution in [2.24, 2.45) is 10.9 Å². The Labute approximate surface area is 115 Å². The molecule has 92 valence electrons. The minimum Gasteiger partial charge on any atom is -0.359 e. The van der Waals surface area contributed by atoms with Gasteiger partial charge in [0.1, 0.15) is 0 Å². The van der Waals surface area contributed by atoms with Crippen LogP contribution >= 0.6 is 35.7 Å². The second kappa shape index (κ2) is 12.4. The molecule has 15 heavy (non-hydrogen) atoms. The molecule has 3 nitrogen and oxygen atoms in total. The fourth-order valence-corrected chi connectivity index (χ4v) is 1.97. The van der Waals surface area contributed by atoms with Gasteiger partial charge in [0, 0.05) is 20.6 Å². The summed E-state index contributed by atoms with van der Waals surface area (Å²) < 4.78 is 0. The Morgan fingerprint density at radius 3 is 2.53 bits per heavy atom.